The van der Waals surface area contributed by atoms with Crippen LogP contribution in [0.5, 0.6) is 0 Å². The molecular weight excluding hydrogens is 480 g/mol. The van der Waals surface area contributed by atoms with Crippen LogP contribution in [0.2, 0.25) is 0 Å². The number of hydrogen-bond acceptors (Lipinski definition) is 6. The predicted octanol–water partition coefficient (Wildman–Crippen LogP) is 9.55. The van der Waals surface area contributed by atoms with Gasteiger partial charge in [-0.3, -0.25) is 19.2 Å². The first kappa shape index (κ1) is 38.4. The summed E-state index contributed by atoms with van der Waals surface area (Å²) in [6.07, 6.45) is 24.8. The van der Waals surface area contributed by atoms with Gasteiger partial charge in [0.15, 0.2) is 0 Å². The van der Waals surface area contributed by atoms with Crippen LogP contribution in [-0.4, -0.2) is 23.9 Å². The molecule has 0 spiro atoms. The molecule has 6 nitrogen and oxygen atoms in total. The molecule has 6 heteroatoms. The van der Waals surface area contributed by atoms with Crippen LogP contribution in [0.4, 0.5) is 0 Å². The second-order valence-corrected chi connectivity index (χ2v) is 10.3. The summed E-state index contributed by atoms with van der Waals surface area (Å²) in [6.45, 7) is 8.24. The molecule has 0 aliphatic rings. The monoisotopic (exact) mass is 540 g/mol. The summed E-state index contributed by atoms with van der Waals surface area (Å²) in [7, 11) is 0. The molecule has 0 aromatic rings. The zero-order valence-electron chi connectivity index (χ0n) is 25.4. The number of carbonyl (C=O) groups is 4. The van der Waals surface area contributed by atoms with Crippen molar-refractivity contribution in [3.63, 3.8) is 0 Å². The van der Waals surface area contributed by atoms with Gasteiger partial charge in [0.25, 0.3) is 0 Å². The fourth-order valence-corrected chi connectivity index (χ4v) is 4.03. The van der Waals surface area contributed by atoms with E-state index in [0.717, 1.165) is 38.5 Å². The lowest BCUT2D eigenvalue weighted by atomic mass is 10.1. The van der Waals surface area contributed by atoms with Crippen molar-refractivity contribution in [1.29, 1.82) is 0 Å². The van der Waals surface area contributed by atoms with Gasteiger partial charge in [-0.25, -0.2) is 0 Å². The molecule has 0 aromatic heterocycles. The molecule has 0 saturated heterocycles. The minimum atomic E-state index is -0.386. The first-order valence-electron chi connectivity index (χ1n) is 15.9. The zero-order chi connectivity index (χ0) is 28.7. The Hall–Kier alpha value is -1.72. The van der Waals surface area contributed by atoms with Gasteiger partial charge in [0.1, 0.15) is 0 Å². The molecule has 0 bridgehead atoms. The molecule has 0 aliphatic carbocycles. The Morgan fingerprint density at radius 3 is 0.816 bits per heavy atom. The normalized spacial score (nSPS) is 10.4. The maximum Gasteiger partial charge on any atom is 0.313 e. The van der Waals surface area contributed by atoms with Crippen molar-refractivity contribution in [2.75, 3.05) is 0 Å². The van der Waals surface area contributed by atoms with Gasteiger partial charge < -0.3 is 9.47 Å². The van der Waals surface area contributed by atoms with Gasteiger partial charge >= 0.3 is 23.9 Å². The average Bonchev–Trinajstić information content (AvgIpc) is 2.87. The molecule has 0 radical (unpaired) electrons. The fourth-order valence-electron chi connectivity index (χ4n) is 4.03. The summed E-state index contributed by atoms with van der Waals surface area (Å²) >= 11 is 0. The summed E-state index contributed by atoms with van der Waals surface area (Å²) in [5.74, 6) is -1.49. The molecule has 0 unspecified atom stereocenters. The Balaban J connectivity index is 0. The predicted molar refractivity (Wildman–Crippen MR) is 156 cm³/mol. The van der Waals surface area contributed by atoms with E-state index in [4.69, 9.17) is 0 Å². The smallest absolute Gasteiger partial charge is 0.313 e. The molecule has 224 valence electrons. The van der Waals surface area contributed by atoms with Gasteiger partial charge in [0, 0.05) is 25.7 Å². The summed E-state index contributed by atoms with van der Waals surface area (Å²) in [5.41, 5.74) is 0. The summed E-state index contributed by atoms with van der Waals surface area (Å²) in [6, 6.07) is 0. The van der Waals surface area contributed by atoms with E-state index < -0.39 is 0 Å². The molecule has 0 fully saturated rings. The van der Waals surface area contributed by atoms with E-state index in [1.165, 1.54) is 89.9 Å². The number of hydrogen-bond donors (Lipinski definition) is 0. The Morgan fingerprint density at radius 1 is 0.316 bits per heavy atom. The van der Waals surface area contributed by atoms with Gasteiger partial charge in [-0.15, -0.1) is 0 Å². The first-order valence-corrected chi connectivity index (χ1v) is 15.9. The Morgan fingerprint density at radius 2 is 0.553 bits per heavy atom. The largest absolute Gasteiger partial charge is 0.393 e. The van der Waals surface area contributed by atoms with E-state index >= 15 is 0 Å². The molecule has 0 heterocycles. The number of carbonyl (C=O) groups excluding carboxylic acids is 4. The van der Waals surface area contributed by atoms with Crippen molar-refractivity contribution >= 4 is 23.9 Å². The van der Waals surface area contributed by atoms with Crippen LogP contribution < -0.4 is 0 Å². The third-order valence-corrected chi connectivity index (χ3v) is 6.33. The Labute approximate surface area is 234 Å². The zero-order valence-corrected chi connectivity index (χ0v) is 25.4. The van der Waals surface area contributed by atoms with Crippen LogP contribution >= 0.6 is 0 Å². The number of ether oxygens (including phenoxy) is 2. The lowest BCUT2D eigenvalue weighted by molar-refractivity contribution is -0.161. The maximum absolute atomic E-state index is 11.3. The summed E-state index contributed by atoms with van der Waals surface area (Å²) in [5, 5.41) is 0. The standard InChI is InChI=1S/2C16H30O3/c2*1-3-5-6-7-8-9-10-11-12-14-16(18)19-15(17)13-4-2/h2*3-14H2,1-2H3. The molecule has 0 aromatic carbocycles. The minimum absolute atomic E-state index is 0.337. The van der Waals surface area contributed by atoms with Crippen molar-refractivity contribution in [3.8, 4) is 0 Å². The van der Waals surface area contributed by atoms with E-state index in [-0.39, 0.29) is 23.9 Å². The van der Waals surface area contributed by atoms with Crippen LogP contribution in [0, 0.1) is 0 Å². The van der Waals surface area contributed by atoms with Crippen LogP contribution in [-0.2, 0) is 28.7 Å². The summed E-state index contributed by atoms with van der Waals surface area (Å²) < 4.78 is 9.37. The van der Waals surface area contributed by atoms with Crippen LogP contribution in [0.25, 0.3) is 0 Å². The van der Waals surface area contributed by atoms with Crippen molar-refractivity contribution in [3.05, 3.63) is 0 Å². The molecule has 0 amide bonds. The van der Waals surface area contributed by atoms with E-state index in [0.29, 0.717) is 25.7 Å². The third-order valence-electron chi connectivity index (χ3n) is 6.33. The highest BCUT2D eigenvalue weighted by atomic mass is 16.6. The van der Waals surface area contributed by atoms with E-state index in [2.05, 4.69) is 23.3 Å². The van der Waals surface area contributed by atoms with E-state index in [1.807, 2.05) is 13.8 Å². The van der Waals surface area contributed by atoms with Crippen molar-refractivity contribution < 1.29 is 28.7 Å². The van der Waals surface area contributed by atoms with Gasteiger partial charge in [0.05, 0.1) is 0 Å². The number of rotatable bonds is 24. The molecular formula is C32H60O6. The third kappa shape index (κ3) is 32.3. The number of esters is 4. The lowest BCUT2D eigenvalue weighted by Gasteiger charge is -2.03. The van der Waals surface area contributed by atoms with Crippen molar-refractivity contribution in [2.24, 2.45) is 0 Å². The molecule has 0 rings (SSSR count). The second kappa shape index (κ2) is 31.5. The SMILES string of the molecule is CCCCCCCCCCCC(=O)OC(=O)CCC.CCCCCCCCCCCC(=O)OC(=O)CCC. The average molecular weight is 541 g/mol. The van der Waals surface area contributed by atoms with E-state index in [9.17, 15) is 19.2 Å². The molecule has 0 atom stereocenters. The molecule has 0 saturated carbocycles. The van der Waals surface area contributed by atoms with Crippen molar-refractivity contribution in [2.45, 2.75) is 182 Å². The van der Waals surface area contributed by atoms with Gasteiger partial charge in [-0.2, -0.15) is 0 Å². The van der Waals surface area contributed by atoms with Gasteiger partial charge in [-0.1, -0.05) is 130 Å². The van der Waals surface area contributed by atoms with Crippen molar-refractivity contribution in [1.82, 2.24) is 0 Å². The molecule has 38 heavy (non-hydrogen) atoms. The fraction of sp³-hybridized carbons (Fsp3) is 0.875. The molecule has 0 N–H and O–H groups in total. The van der Waals surface area contributed by atoms with E-state index in [1.54, 1.807) is 0 Å². The lowest BCUT2D eigenvalue weighted by Crippen LogP contribution is -2.11. The minimum Gasteiger partial charge on any atom is -0.393 e. The van der Waals surface area contributed by atoms with Crippen LogP contribution in [0.3, 0.4) is 0 Å². The molecule has 0 aliphatic heterocycles. The quantitative estimate of drug-likeness (QED) is 0.0688. The Kier molecular flexibility index (Phi) is 31.9. The Bertz CT molecular complexity index is 522. The highest BCUT2D eigenvalue weighted by molar-refractivity contribution is 5.85. The van der Waals surface area contributed by atoms with Crippen LogP contribution in [0.15, 0.2) is 0 Å². The topological polar surface area (TPSA) is 86.7 Å². The second-order valence-electron chi connectivity index (χ2n) is 10.3. The first-order chi connectivity index (χ1) is 18.4. The highest BCUT2D eigenvalue weighted by Crippen LogP contribution is 2.12. The van der Waals surface area contributed by atoms with Gasteiger partial charge in [0.2, 0.25) is 0 Å². The maximum atomic E-state index is 11.3. The number of unbranched alkanes of at least 4 members (excludes halogenated alkanes) is 16. The van der Waals surface area contributed by atoms with Gasteiger partial charge in [-0.05, 0) is 25.7 Å². The van der Waals surface area contributed by atoms with Crippen LogP contribution in [0.1, 0.15) is 182 Å². The summed E-state index contributed by atoms with van der Waals surface area (Å²) in [4.78, 5) is 44.7. The highest BCUT2D eigenvalue weighted by Gasteiger charge is 2.09.